The van der Waals surface area contributed by atoms with Crippen molar-refractivity contribution in [2.45, 2.75) is 124 Å². The van der Waals surface area contributed by atoms with Crippen LogP contribution in [0.15, 0.2) is 0 Å². The fraction of sp³-hybridized carbons (Fsp3) is 0.963. The van der Waals surface area contributed by atoms with Gasteiger partial charge in [0.2, 0.25) is 0 Å². The van der Waals surface area contributed by atoms with Crippen LogP contribution >= 0.6 is 0 Å². The summed E-state index contributed by atoms with van der Waals surface area (Å²) in [5.74, 6) is -1.28. The van der Waals surface area contributed by atoms with Crippen molar-refractivity contribution < 1.29 is 54.4 Å². The lowest BCUT2D eigenvalue weighted by molar-refractivity contribution is -0.318. The fourth-order valence-electron chi connectivity index (χ4n) is 6.10. The maximum Gasteiger partial charge on any atom is 0.186 e. The van der Waals surface area contributed by atoms with E-state index in [0.717, 1.165) is 0 Å². The summed E-state index contributed by atoms with van der Waals surface area (Å²) < 4.78 is 24.0. The minimum atomic E-state index is -1.55. The summed E-state index contributed by atoms with van der Waals surface area (Å²) in [5.41, 5.74) is 29.4. The van der Waals surface area contributed by atoms with Gasteiger partial charge in [0.25, 0.3) is 0 Å². The molecule has 1 saturated carbocycles. The van der Waals surface area contributed by atoms with Crippen molar-refractivity contribution in [3.63, 3.8) is 0 Å². The lowest BCUT2D eigenvalue weighted by Crippen LogP contribution is -2.66. The zero-order valence-corrected chi connectivity index (χ0v) is 25.0. The maximum atomic E-state index is 12.8. The Morgan fingerprint density at radius 2 is 1.59 bits per heavy atom. The molecule has 3 aliphatic rings. The lowest BCUT2D eigenvalue weighted by Gasteiger charge is -2.48. The third-order valence-electron chi connectivity index (χ3n) is 8.76. The maximum absolute atomic E-state index is 12.8. The van der Waals surface area contributed by atoms with Crippen molar-refractivity contribution >= 4 is 5.78 Å². The van der Waals surface area contributed by atoms with Gasteiger partial charge in [0.05, 0.1) is 37.0 Å². The van der Waals surface area contributed by atoms with Crippen LogP contribution in [0.3, 0.4) is 0 Å². The summed E-state index contributed by atoms with van der Waals surface area (Å²) in [5, 5.41) is 66.0. The van der Waals surface area contributed by atoms with Gasteiger partial charge in [-0.05, 0) is 51.1 Å². The number of hydrogen-bond donors (Lipinski definition) is 12. The molecule has 0 bridgehead atoms. The molecule has 2 heterocycles. The molecular weight excluding hydrogens is 584 g/mol. The first-order chi connectivity index (χ1) is 20.9. The van der Waals surface area contributed by atoms with Gasteiger partial charge in [-0.25, -0.2) is 0 Å². The van der Waals surface area contributed by atoms with Gasteiger partial charge >= 0.3 is 0 Å². The minimum absolute atomic E-state index is 0.0441. The highest BCUT2D eigenvalue weighted by atomic mass is 16.7. The highest BCUT2D eigenvalue weighted by Crippen LogP contribution is 2.36. The molecule has 17 N–H and O–H groups in total. The van der Waals surface area contributed by atoms with Gasteiger partial charge in [0, 0.05) is 25.6 Å². The number of ketones is 1. The van der Waals surface area contributed by atoms with Crippen molar-refractivity contribution in [3.8, 4) is 0 Å². The third-order valence-corrected chi connectivity index (χ3v) is 8.76. The molecule has 2 aliphatic heterocycles. The molecule has 3 fully saturated rings. The van der Waals surface area contributed by atoms with Crippen LogP contribution in [0.1, 0.15) is 38.5 Å². The Labute approximate surface area is 257 Å². The van der Waals surface area contributed by atoms with Crippen LogP contribution in [0.5, 0.6) is 0 Å². The second-order valence-electron chi connectivity index (χ2n) is 12.1. The number of rotatable bonds is 16. The van der Waals surface area contributed by atoms with Gasteiger partial charge in [0.1, 0.15) is 36.6 Å². The van der Waals surface area contributed by atoms with Gasteiger partial charge < -0.3 is 83.6 Å². The summed E-state index contributed by atoms with van der Waals surface area (Å²) in [7, 11) is 0. The van der Waals surface area contributed by atoms with E-state index in [2.05, 4.69) is 5.32 Å². The van der Waals surface area contributed by atoms with Gasteiger partial charge in [-0.1, -0.05) is 0 Å². The van der Waals surface area contributed by atoms with E-state index in [1.807, 2.05) is 0 Å². The average molecular weight is 639 g/mol. The number of aliphatic hydroxyl groups is 6. The van der Waals surface area contributed by atoms with E-state index >= 15 is 0 Å². The number of ether oxygens (including phenoxy) is 4. The first-order valence-corrected chi connectivity index (χ1v) is 15.5. The molecule has 3 rings (SSSR count). The highest BCUT2D eigenvalue weighted by molar-refractivity contribution is 5.83. The van der Waals surface area contributed by atoms with Gasteiger partial charge in [-0.2, -0.15) is 0 Å². The number of aliphatic hydroxyl groups excluding tert-OH is 6. The molecule has 17 nitrogen and oxygen atoms in total. The van der Waals surface area contributed by atoms with Gasteiger partial charge in [-0.15, -0.1) is 0 Å². The molecule has 0 aromatic heterocycles. The van der Waals surface area contributed by atoms with E-state index in [-0.39, 0.29) is 51.0 Å². The molecule has 44 heavy (non-hydrogen) atoms. The molecule has 17 heteroatoms. The van der Waals surface area contributed by atoms with Crippen LogP contribution in [0.25, 0.3) is 0 Å². The first-order valence-electron chi connectivity index (χ1n) is 15.5. The molecule has 2 unspecified atom stereocenters. The number of hydrogen-bond acceptors (Lipinski definition) is 17. The predicted molar refractivity (Wildman–Crippen MR) is 155 cm³/mol. The van der Waals surface area contributed by atoms with Crippen molar-refractivity contribution in [2.24, 2.45) is 34.6 Å². The summed E-state index contributed by atoms with van der Waals surface area (Å²) in [6, 6.07) is -2.44. The summed E-state index contributed by atoms with van der Waals surface area (Å²) in [6.07, 6.45) is -11.1. The van der Waals surface area contributed by atoms with E-state index in [4.69, 9.17) is 47.6 Å². The third kappa shape index (κ3) is 9.54. The Morgan fingerprint density at radius 3 is 2.23 bits per heavy atom. The Bertz CT molecular complexity index is 865. The topological polar surface area (TPSA) is 318 Å². The zero-order chi connectivity index (χ0) is 32.6. The van der Waals surface area contributed by atoms with E-state index in [9.17, 15) is 35.4 Å². The molecule has 2 saturated heterocycles. The van der Waals surface area contributed by atoms with Crippen molar-refractivity contribution in [1.29, 1.82) is 0 Å². The number of Topliss-reactive ketones (excluding diaryl/α,β-unsaturated/α-hetero) is 1. The monoisotopic (exact) mass is 638 g/mol. The Morgan fingerprint density at radius 1 is 0.909 bits per heavy atom. The van der Waals surface area contributed by atoms with Crippen molar-refractivity contribution in [2.75, 3.05) is 32.8 Å². The summed E-state index contributed by atoms with van der Waals surface area (Å²) >= 11 is 0. The van der Waals surface area contributed by atoms with Crippen molar-refractivity contribution in [1.82, 2.24) is 5.32 Å². The van der Waals surface area contributed by atoms with Gasteiger partial charge in [0.15, 0.2) is 18.4 Å². The normalized spacial score (nSPS) is 41.3. The molecule has 1 aliphatic carbocycles. The molecule has 0 aromatic carbocycles. The molecule has 0 amide bonds. The quantitative estimate of drug-likeness (QED) is 0.0748. The van der Waals surface area contributed by atoms with Crippen LogP contribution in [0.4, 0.5) is 0 Å². The zero-order valence-electron chi connectivity index (χ0n) is 25.0. The highest BCUT2D eigenvalue weighted by Gasteiger charge is 2.51. The predicted octanol–water partition coefficient (Wildman–Crippen LogP) is -5.97. The largest absolute Gasteiger partial charge is 0.394 e. The van der Waals surface area contributed by atoms with Crippen LogP contribution in [0, 0.1) is 5.92 Å². The summed E-state index contributed by atoms with van der Waals surface area (Å²) in [6.45, 7) is 0.253. The lowest BCUT2D eigenvalue weighted by atomic mass is 9.76. The molecule has 15 atom stereocenters. The van der Waals surface area contributed by atoms with E-state index in [1.54, 1.807) is 0 Å². The average Bonchev–Trinajstić information content (AvgIpc) is 3.00. The number of carbonyl (C=O) groups excluding carboxylic acids is 1. The number of nitrogens with two attached hydrogens (primary N) is 5. The minimum Gasteiger partial charge on any atom is -0.394 e. The summed E-state index contributed by atoms with van der Waals surface area (Å²) in [4.78, 5) is 12.8. The molecule has 0 radical (unpaired) electrons. The second-order valence-corrected chi connectivity index (χ2v) is 12.1. The SMILES string of the molecule is NCCC(O)CN[C@@H]1CC[C@@H](CN)O[C@@H]1OC1[C@@H](N)C[C@@H](CC(=O)[C@@H](O)CCN)[C@H](O[C@H]2O[C@H](CO)[C@@H](O)[C@H](N)[C@H]2O)[C@H]1O. The Hall–Kier alpha value is -0.970. The van der Waals surface area contributed by atoms with Gasteiger partial charge in [-0.3, -0.25) is 4.79 Å². The fourth-order valence-corrected chi connectivity index (χ4v) is 6.10. The molecule has 258 valence electrons. The van der Waals surface area contributed by atoms with Crippen LogP contribution in [-0.2, 0) is 23.7 Å². The number of carbonyl (C=O) groups is 1. The Balaban J connectivity index is 1.83. The van der Waals surface area contributed by atoms with Crippen molar-refractivity contribution in [3.05, 3.63) is 0 Å². The number of nitrogens with one attached hydrogen (secondary N) is 1. The smallest absolute Gasteiger partial charge is 0.186 e. The standard InChI is InChI=1S/C27H54N6O11/c28-5-3-13(35)10-33-16-2-1-14(9-30)41-26(16)44-25-15(31)7-12(8-18(37)17(36)4-6-29)24(23(25)40)43-27-22(39)20(32)21(38)19(11-34)42-27/h12-17,19-27,33-36,38-40H,1-11,28-32H2/t12-,13?,14-,15-,16+,17-,19+,20-,21+,22+,23+,24-,25?,26+,27+/m0/s1. The first kappa shape index (κ1) is 37.5. The molecule has 0 spiro atoms. The van der Waals surface area contributed by atoms with E-state index < -0.39 is 91.8 Å². The molecular formula is C27H54N6O11. The molecule has 0 aromatic rings. The second kappa shape index (κ2) is 17.8. The van der Waals surface area contributed by atoms with Crippen LogP contribution in [0.2, 0.25) is 0 Å². The van der Waals surface area contributed by atoms with E-state index in [1.165, 1.54) is 0 Å². The van der Waals surface area contributed by atoms with Crippen LogP contribution in [-0.4, -0.2) is 155 Å². The van der Waals surface area contributed by atoms with E-state index in [0.29, 0.717) is 25.8 Å². The van der Waals surface area contributed by atoms with Crippen LogP contribution < -0.4 is 34.0 Å². The Kier molecular flexibility index (Phi) is 15.2.